The lowest BCUT2D eigenvalue weighted by Crippen LogP contribution is -2.01. The molecule has 0 saturated heterocycles. The maximum absolute atomic E-state index is 6.01. The smallest absolute Gasteiger partial charge is 0.191 e. The summed E-state index contributed by atoms with van der Waals surface area (Å²) < 4.78 is 2.04. The van der Waals surface area contributed by atoms with Gasteiger partial charge in [-0.05, 0) is 18.4 Å². The van der Waals surface area contributed by atoms with Gasteiger partial charge in [-0.25, -0.2) is 15.0 Å². The van der Waals surface area contributed by atoms with Gasteiger partial charge in [0.1, 0.15) is 5.52 Å². The van der Waals surface area contributed by atoms with Gasteiger partial charge in [-0.15, -0.1) is 0 Å². The minimum absolute atomic E-state index is 0.460. The number of fused-ring (bicyclic) bond motifs is 1. The van der Waals surface area contributed by atoms with E-state index in [0.717, 1.165) is 35.9 Å². The van der Waals surface area contributed by atoms with Crippen LogP contribution in [-0.2, 0) is 13.0 Å². The molecule has 0 radical (unpaired) electrons. The minimum Gasteiger partial charge on any atom is -0.382 e. The summed E-state index contributed by atoms with van der Waals surface area (Å²) in [7, 11) is 0. The normalized spacial score (nSPS) is 11.1. The lowest BCUT2D eigenvalue weighted by molar-refractivity contribution is 0.688. The Morgan fingerprint density at radius 3 is 2.77 bits per heavy atom. The predicted molar refractivity (Wildman–Crippen MR) is 90.9 cm³/mol. The van der Waals surface area contributed by atoms with E-state index in [1.165, 1.54) is 5.56 Å². The molecule has 2 heterocycles. The SMILES string of the molecule is CCCn1cnc2c(N)nc(SCCc3ccccc3)nc21. The van der Waals surface area contributed by atoms with Crippen LogP contribution in [0.3, 0.4) is 0 Å². The minimum atomic E-state index is 0.460. The quantitative estimate of drug-likeness (QED) is 0.559. The van der Waals surface area contributed by atoms with E-state index < -0.39 is 0 Å². The first-order chi connectivity index (χ1) is 10.8. The van der Waals surface area contributed by atoms with Crippen molar-refractivity contribution in [2.24, 2.45) is 0 Å². The molecule has 0 spiro atoms. The van der Waals surface area contributed by atoms with Crippen molar-refractivity contribution in [3.05, 3.63) is 42.2 Å². The number of nitrogens with zero attached hydrogens (tertiary/aromatic N) is 4. The molecular formula is C16H19N5S. The Balaban J connectivity index is 1.74. The van der Waals surface area contributed by atoms with Gasteiger partial charge in [0, 0.05) is 12.3 Å². The second-order valence-corrected chi connectivity index (χ2v) is 6.15. The summed E-state index contributed by atoms with van der Waals surface area (Å²) in [5.41, 5.74) is 8.85. The van der Waals surface area contributed by atoms with E-state index >= 15 is 0 Å². The average Bonchev–Trinajstić information content (AvgIpc) is 2.93. The summed E-state index contributed by atoms with van der Waals surface area (Å²) in [6, 6.07) is 10.4. The lowest BCUT2D eigenvalue weighted by Gasteiger charge is -2.05. The highest BCUT2D eigenvalue weighted by Gasteiger charge is 2.11. The Hall–Kier alpha value is -2.08. The summed E-state index contributed by atoms with van der Waals surface area (Å²) >= 11 is 1.63. The summed E-state index contributed by atoms with van der Waals surface area (Å²) in [6.45, 7) is 3.02. The highest BCUT2D eigenvalue weighted by molar-refractivity contribution is 7.99. The van der Waals surface area contributed by atoms with Crippen molar-refractivity contribution in [2.75, 3.05) is 11.5 Å². The predicted octanol–water partition coefficient (Wildman–Crippen LogP) is 3.15. The van der Waals surface area contributed by atoms with Crippen LogP contribution in [0.15, 0.2) is 41.8 Å². The zero-order chi connectivity index (χ0) is 15.4. The van der Waals surface area contributed by atoms with Crippen molar-refractivity contribution in [3.63, 3.8) is 0 Å². The van der Waals surface area contributed by atoms with Crippen LogP contribution in [0.4, 0.5) is 5.82 Å². The number of hydrogen-bond donors (Lipinski definition) is 1. The molecule has 0 saturated carbocycles. The fraction of sp³-hybridized carbons (Fsp3) is 0.312. The highest BCUT2D eigenvalue weighted by Crippen LogP contribution is 2.22. The molecular weight excluding hydrogens is 294 g/mol. The molecule has 0 bridgehead atoms. The van der Waals surface area contributed by atoms with Crippen molar-refractivity contribution in [1.29, 1.82) is 0 Å². The topological polar surface area (TPSA) is 69.6 Å². The van der Waals surface area contributed by atoms with Crippen molar-refractivity contribution < 1.29 is 0 Å². The molecule has 0 unspecified atom stereocenters. The van der Waals surface area contributed by atoms with Gasteiger partial charge in [-0.3, -0.25) is 0 Å². The number of anilines is 1. The van der Waals surface area contributed by atoms with E-state index in [4.69, 9.17) is 5.73 Å². The van der Waals surface area contributed by atoms with Crippen LogP contribution in [0.1, 0.15) is 18.9 Å². The largest absolute Gasteiger partial charge is 0.382 e. The monoisotopic (exact) mass is 313 g/mol. The van der Waals surface area contributed by atoms with Gasteiger partial charge in [0.25, 0.3) is 0 Å². The molecule has 6 heteroatoms. The molecule has 2 N–H and O–H groups in total. The third kappa shape index (κ3) is 3.22. The van der Waals surface area contributed by atoms with Crippen LogP contribution in [0.2, 0.25) is 0 Å². The lowest BCUT2D eigenvalue weighted by atomic mass is 10.2. The van der Waals surface area contributed by atoms with Gasteiger partial charge in [-0.1, -0.05) is 49.0 Å². The number of thioether (sulfide) groups is 1. The van der Waals surface area contributed by atoms with Crippen molar-refractivity contribution in [2.45, 2.75) is 31.5 Å². The molecule has 0 amide bonds. The third-order valence-electron chi connectivity index (χ3n) is 3.40. The zero-order valence-corrected chi connectivity index (χ0v) is 13.4. The van der Waals surface area contributed by atoms with Gasteiger partial charge in [0.2, 0.25) is 0 Å². The van der Waals surface area contributed by atoms with Crippen LogP contribution in [0.5, 0.6) is 0 Å². The molecule has 3 aromatic rings. The van der Waals surface area contributed by atoms with Crippen LogP contribution < -0.4 is 5.73 Å². The van der Waals surface area contributed by atoms with E-state index in [0.29, 0.717) is 11.3 Å². The first-order valence-electron chi connectivity index (χ1n) is 7.43. The van der Waals surface area contributed by atoms with E-state index in [9.17, 15) is 0 Å². The number of aromatic nitrogens is 4. The van der Waals surface area contributed by atoms with Gasteiger partial charge in [0.15, 0.2) is 16.6 Å². The Labute approximate surface area is 134 Å². The second-order valence-electron chi connectivity index (χ2n) is 5.09. The average molecular weight is 313 g/mol. The molecule has 0 aliphatic rings. The molecule has 0 aliphatic heterocycles. The Morgan fingerprint density at radius 1 is 1.18 bits per heavy atom. The van der Waals surface area contributed by atoms with E-state index in [-0.39, 0.29) is 0 Å². The molecule has 22 heavy (non-hydrogen) atoms. The van der Waals surface area contributed by atoms with E-state index in [1.807, 2.05) is 10.6 Å². The van der Waals surface area contributed by atoms with Gasteiger partial charge in [-0.2, -0.15) is 0 Å². The number of rotatable bonds is 6. The highest BCUT2D eigenvalue weighted by atomic mass is 32.2. The summed E-state index contributed by atoms with van der Waals surface area (Å²) in [5, 5.41) is 0.721. The van der Waals surface area contributed by atoms with E-state index in [1.54, 1.807) is 18.1 Å². The maximum Gasteiger partial charge on any atom is 0.191 e. The van der Waals surface area contributed by atoms with Gasteiger partial charge < -0.3 is 10.3 Å². The Bertz CT molecular complexity index is 754. The molecule has 0 aliphatic carbocycles. The van der Waals surface area contributed by atoms with Crippen LogP contribution in [0.25, 0.3) is 11.2 Å². The Morgan fingerprint density at radius 2 is 2.00 bits per heavy atom. The number of imidazole rings is 1. The molecule has 2 aromatic heterocycles. The molecule has 5 nitrogen and oxygen atoms in total. The van der Waals surface area contributed by atoms with Crippen molar-refractivity contribution >= 4 is 28.7 Å². The standard InChI is InChI=1S/C16H19N5S/c1-2-9-21-11-18-13-14(17)19-16(20-15(13)21)22-10-8-12-6-4-3-5-7-12/h3-7,11H,2,8-10H2,1H3,(H2,17,19,20). The van der Waals surface area contributed by atoms with Crippen LogP contribution >= 0.6 is 11.8 Å². The first kappa shape index (κ1) is 14.8. The van der Waals surface area contributed by atoms with Gasteiger partial charge >= 0.3 is 0 Å². The summed E-state index contributed by atoms with van der Waals surface area (Å²) in [5.74, 6) is 1.39. The molecule has 3 rings (SSSR count). The molecule has 1 aromatic carbocycles. The zero-order valence-electron chi connectivity index (χ0n) is 12.6. The molecule has 114 valence electrons. The fourth-order valence-corrected chi connectivity index (χ4v) is 3.15. The summed E-state index contributed by atoms with van der Waals surface area (Å²) in [4.78, 5) is 13.3. The third-order valence-corrected chi connectivity index (χ3v) is 4.25. The second kappa shape index (κ2) is 6.79. The maximum atomic E-state index is 6.01. The molecule has 0 fully saturated rings. The number of benzene rings is 1. The van der Waals surface area contributed by atoms with Crippen LogP contribution in [0, 0.1) is 0 Å². The number of nitrogens with two attached hydrogens (primary N) is 1. The first-order valence-corrected chi connectivity index (χ1v) is 8.41. The Kier molecular flexibility index (Phi) is 4.58. The number of hydrogen-bond acceptors (Lipinski definition) is 5. The van der Waals surface area contributed by atoms with Crippen molar-refractivity contribution in [3.8, 4) is 0 Å². The van der Waals surface area contributed by atoms with E-state index in [2.05, 4.69) is 46.1 Å². The fourth-order valence-electron chi connectivity index (χ4n) is 2.32. The van der Waals surface area contributed by atoms with Gasteiger partial charge in [0.05, 0.1) is 6.33 Å². The van der Waals surface area contributed by atoms with Crippen LogP contribution in [-0.4, -0.2) is 25.3 Å². The number of nitrogen functional groups attached to an aromatic ring is 1. The van der Waals surface area contributed by atoms with Crippen molar-refractivity contribution in [1.82, 2.24) is 19.5 Å². The number of aryl methyl sites for hydroxylation is 2. The summed E-state index contributed by atoms with van der Waals surface area (Å²) in [6.07, 6.45) is 3.81. The molecule has 0 atom stereocenters.